The van der Waals surface area contributed by atoms with Crippen molar-refractivity contribution in [1.29, 1.82) is 0 Å². The van der Waals surface area contributed by atoms with Gasteiger partial charge < -0.3 is 15.5 Å². The second-order valence-corrected chi connectivity index (χ2v) is 9.69. The fraction of sp³-hybridized carbons (Fsp3) is 0.652. The lowest BCUT2D eigenvalue weighted by Crippen LogP contribution is -2.70. The molecule has 1 aromatic carbocycles. The fourth-order valence-corrected chi connectivity index (χ4v) is 6.34. The summed E-state index contributed by atoms with van der Waals surface area (Å²) >= 11 is 0. The predicted octanol–water partition coefficient (Wildman–Crippen LogP) is 3.77. The maximum absolute atomic E-state index is 13.5. The Labute approximate surface area is 167 Å². The number of rotatable bonds is 1. The molecule has 2 heterocycles. The smallest absolute Gasteiger partial charge is 0.255 e. The van der Waals surface area contributed by atoms with Crippen molar-refractivity contribution >= 4 is 17.5 Å². The van der Waals surface area contributed by atoms with Gasteiger partial charge in [-0.3, -0.25) is 9.59 Å². The third-order valence-electron chi connectivity index (χ3n) is 7.89. The van der Waals surface area contributed by atoms with Gasteiger partial charge in [-0.05, 0) is 56.1 Å². The van der Waals surface area contributed by atoms with Gasteiger partial charge in [0.1, 0.15) is 5.66 Å². The third kappa shape index (κ3) is 2.73. The van der Waals surface area contributed by atoms with E-state index in [9.17, 15) is 9.59 Å². The summed E-state index contributed by atoms with van der Waals surface area (Å²) < 4.78 is 0. The minimum absolute atomic E-state index is 0.0147. The number of amides is 2. The van der Waals surface area contributed by atoms with Crippen LogP contribution in [-0.4, -0.2) is 35.5 Å². The molecule has 4 atom stereocenters. The number of benzene rings is 1. The number of hydrogen-bond donors (Lipinski definition) is 2. The molecule has 2 bridgehead atoms. The van der Waals surface area contributed by atoms with E-state index in [1.807, 2.05) is 24.3 Å². The van der Waals surface area contributed by atoms with Gasteiger partial charge in [-0.15, -0.1) is 0 Å². The molecule has 1 spiro atoms. The zero-order chi connectivity index (χ0) is 19.4. The van der Waals surface area contributed by atoms with E-state index in [1.54, 1.807) is 0 Å². The minimum Gasteiger partial charge on any atom is -0.362 e. The van der Waals surface area contributed by atoms with Gasteiger partial charge in [-0.1, -0.05) is 31.9 Å². The molecule has 1 aromatic rings. The Hall–Kier alpha value is -2.04. The Morgan fingerprint density at radius 1 is 1.11 bits per heavy atom. The van der Waals surface area contributed by atoms with Crippen molar-refractivity contribution in [2.45, 2.75) is 64.0 Å². The molecule has 150 valence electrons. The first-order valence-electron chi connectivity index (χ1n) is 11.0. The van der Waals surface area contributed by atoms with E-state index in [0.29, 0.717) is 11.8 Å². The zero-order valence-corrected chi connectivity index (χ0v) is 16.8. The number of likely N-dealkylation sites (tertiary alicyclic amines) is 1. The fourth-order valence-electron chi connectivity index (χ4n) is 6.34. The molecule has 28 heavy (non-hydrogen) atoms. The van der Waals surface area contributed by atoms with Crippen molar-refractivity contribution in [3.8, 4) is 0 Å². The summed E-state index contributed by atoms with van der Waals surface area (Å²) in [5, 5.41) is 7.01. The number of fused-ring (bicyclic) bond motifs is 3. The van der Waals surface area contributed by atoms with Gasteiger partial charge in [0.15, 0.2) is 0 Å². The highest BCUT2D eigenvalue weighted by Crippen LogP contribution is 2.58. The van der Waals surface area contributed by atoms with Gasteiger partial charge in [0.25, 0.3) is 5.91 Å². The Morgan fingerprint density at radius 2 is 1.86 bits per heavy atom. The van der Waals surface area contributed by atoms with E-state index in [2.05, 4.69) is 22.5 Å². The van der Waals surface area contributed by atoms with E-state index in [0.717, 1.165) is 62.9 Å². The van der Waals surface area contributed by atoms with Gasteiger partial charge in [0.2, 0.25) is 5.91 Å². The van der Waals surface area contributed by atoms with Crippen LogP contribution in [-0.2, 0) is 4.79 Å². The van der Waals surface area contributed by atoms with Crippen LogP contribution in [0.3, 0.4) is 0 Å². The molecule has 5 nitrogen and oxygen atoms in total. The molecule has 2 aliphatic heterocycles. The molecule has 1 saturated heterocycles. The van der Waals surface area contributed by atoms with Crippen molar-refractivity contribution in [2.24, 2.45) is 17.3 Å². The largest absolute Gasteiger partial charge is 0.362 e. The standard InChI is InChI=1S/C23H31N3O2/c1-22-11-10-16(14-18(22)21(28)26-12-6-2-3-7-13-26)23(15-22)24-19-9-5-4-8-17(19)20(27)25-23/h4-5,8-9,16,18,24H,2-3,6-7,10-15H2,1H3,(H,25,27)/t16-,18+,22+,23-/m0/s1. The Morgan fingerprint density at radius 3 is 2.61 bits per heavy atom. The molecule has 0 aromatic heterocycles. The lowest BCUT2D eigenvalue weighted by molar-refractivity contribution is -0.150. The van der Waals surface area contributed by atoms with Crippen molar-refractivity contribution in [1.82, 2.24) is 10.2 Å². The van der Waals surface area contributed by atoms with E-state index in [4.69, 9.17) is 0 Å². The number of anilines is 1. The molecule has 5 heteroatoms. The number of hydrogen-bond acceptors (Lipinski definition) is 3. The average molecular weight is 382 g/mol. The normalized spacial score (nSPS) is 37.0. The highest BCUT2D eigenvalue weighted by Gasteiger charge is 2.60. The first kappa shape index (κ1) is 18.0. The van der Waals surface area contributed by atoms with Crippen LogP contribution in [0.15, 0.2) is 24.3 Å². The molecule has 2 N–H and O–H groups in total. The summed E-state index contributed by atoms with van der Waals surface area (Å²) in [7, 11) is 0. The zero-order valence-electron chi connectivity index (χ0n) is 16.8. The second kappa shape index (κ2) is 6.50. The quantitative estimate of drug-likeness (QED) is 0.778. The summed E-state index contributed by atoms with van der Waals surface area (Å²) in [6.07, 6.45) is 8.60. The van der Waals surface area contributed by atoms with Crippen LogP contribution in [0.1, 0.15) is 68.6 Å². The molecule has 0 radical (unpaired) electrons. The summed E-state index contributed by atoms with van der Waals surface area (Å²) in [5.41, 5.74) is 1.17. The first-order valence-corrected chi connectivity index (χ1v) is 11.0. The Kier molecular flexibility index (Phi) is 4.18. The Bertz CT molecular complexity index is 801. The van der Waals surface area contributed by atoms with Crippen LogP contribution < -0.4 is 10.6 Å². The SMILES string of the molecule is C[C@]12CC[C@@H](C[C@@H]1C(=O)N1CCCCCC1)[C@]1(C2)NC(=O)c2ccccc2N1. The van der Waals surface area contributed by atoms with Crippen LogP contribution in [0.2, 0.25) is 0 Å². The number of carbonyl (C=O) groups excluding carboxylic acids is 2. The van der Waals surface area contributed by atoms with E-state index < -0.39 is 5.66 Å². The first-order chi connectivity index (χ1) is 13.5. The highest BCUT2D eigenvalue weighted by atomic mass is 16.2. The van der Waals surface area contributed by atoms with Crippen LogP contribution in [0, 0.1) is 17.3 Å². The molecular weight excluding hydrogens is 350 g/mol. The van der Waals surface area contributed by atoms with Gasteiger partial charge in [0.05, 0.1) is 5.56 Å². The van der Waals surface area contributed by atoms with Gasteiger partial charge >= 0.3 is 0 Å². The molecule has 6 rings (SSSR count). The maximum atomic E-state index is 13.5. The number of nitrogens with zero attached hydrogens (tertiary/aromatic N) is 1. The van der Waals surface area contributed by atoms with E-state index in [1.165, 1.54) is 12.8 Å². The van der Waals surface area contributed by atoms with Crippen molar-refractivity contribution < 1.29 is 9.59 Å². The van der Waals surface area contributed by atoms with Crippen molar-refractivity contribution in [3.63, 3.8) is 0 Å². The lowest BCUT2D eigenvalue weighted by Gasteiger charge is -2.61. The molecule has 4 fully saturated rings. The predicted molar refractivity (Wildman–Crippen MR) is 109 cm³/mol. The van der Waals surface area contributed by atoms with Gasteiger partial charge in [0, 0.05) is 30.6 Å². The van der Waals surface area contributed by atoms with Crippen molar-refractivity contribution in [3.05, 3.63) is 29.8 Å². The maximum Gasteiger partial charge on any atom is 0.255 e. The molecule has 5 aliphatic rings. The second-order valence-electron chi connectivity index (χ2n) is 9.69. The number of para-hydroxylation sites is 1. The Balaban J connectivity index is 1.41. The molecule has 2 amide bonds. The molecule has 3 aliphatic carbocycles. The molecule has 3 saturated carbocycles. The molecular formula is C23H31N3O2. The monoisotopic (exact) mass is 381 g/mol. The summed E-state index contributed by atoms with van der Waals surface area (Å²) in [6, 6.07) is 7.76. The molecule has 0 unspecified atom stereocenters. The third-order valence-corrected chi connectivity index (χ3v) is 7.89. The van der Waals surface area contributed by atoms with Crippen LogP contribution in [0.4, 0.5) is 5.69 Å². The minimum atomic E-state index is -0.409. The van der Waals surface area contributed by atoms with Crippen LogP contribution >= 0.6 is 0 Å². The summed E-state index contributed by atoms with van der Waals surface area (Å²) in [6.45, 7) is 4.12. The van der Waals surface area contributed by atoms with Gasteiger partial charge in [-0.25, -0.2) is 0 Å². The summed E-state index contributed by atoms with van der Waals surface area (Å²) in [4.78, 5) is 28.4. The van der Waals surface area contributed by atoms with Crippen LogP contribution in [0.5, 0.6) is 0 Å². The van der Waals surface area contributed by atoms with Crippen LogP contribution in [0.25, 0.3) is 0 Å². The van der Waals surface area contributed by atoms with E-state index >= 15 is 0 Å². The highest BCUT2D eigenvalue weighted by molar-refractivity contribution is 6.02. The lowest BCUT2D eigenvalue weighted by atomic mass is 9.51. The van der Waals surface area contributed by atoms with E-state index in [-0.39, 0.29) is 17.2 Å². The number of nitrogens with one attached hydrogen (secondary N) is 2. The number of carbonyl (C=O) groups is 2. The van der Waals surface area contributed by atoms with Crippen molar-refractivity contribution in [2.75, 3.05) is 18.4 Å². The van der Waals surface area contributed by atoms with Gasteiger partial charge in [-0.2, -0.15) is 0 Å². The average Bonchev–Trinajstić information content (AvgIpc) is 2.96. The summed E-state index contributed by atoms with van der Waals surface area (Å²) in [5.74, 6) is 0.769. The topological polar surface area (TPSA) is 61.4 Å².